The van der Waals surface area contributed by atoms with E-state index in [4.69, 9.17) is 4.74 Å². The number of hydrogen-bond acceptors (Lipinski definition) is 5. The second-order valence-corrected chi connectivity index (χ2v) is 9.84. The second kappa shape index (κ2) is 9.42. The van der Waals surface area contributed by atoms with E-state index in [1.807, 2.05) is 6.07 Å². The number of nitro groups is 1. The zero-order chi connectivity index (χ0) is 24.5. The van der Waals surface area contributed by atoms with Crippen LogP contribution in [0.5, 0.6) is 5.75 Å². The fourth-order valence-electron chi connectivity index (χ4n) is 5.58. The molecule has 6 nitrogen and oxygen atoms in total. The summed E-state index contributed by atoms with van der Waals surface area (Å²) in [5.41, 5.74) is 7.99. The first-order chi connectivity index (χ1) is 17.0. The van der Waals surface area contributed by atoms with Crippen molar-refractivity contribution in [3.63, 3.8) is 0 Å². The average molecular weight is 468 g/mol. The third-order valence-electron chi connectivity index (χ3n) is 7.12. The zero-order valence-electron chi connectivity index (χ0n) is 20.2. The van der Waals surface area contributed by atoms with Crippen LogP contribution in [-0.4, -0.2) is 24.1 Å². The summed E-state index contributed by atoms with van der Waals surface area (Å²) in [4.78, 5) is 13.2. The van der Waals surface area contributed by atoms with Gasteiger partial charge in [-0.15, -0.1) is 0 Å². The van der Waals surface area contributed by atoms with Gasteiger partial charge in [-0.1, -0.05) is 50.2 Å². The van der Waals surface area contributed by atoms with E-state index in [1.165, 1.54) is 39.6 Å². The molecule has 0 unspecified atom stereocenters. The number of nitro benzene ring substituents is 1. The summed E-state index contributed by atoms with van der Waals surface area (Å²) in [7, 11) is 0. The molecule has 1 fully saturated rings. The molecule has 0 bridgehead atoms. The molecule has 3 aromatic rings. The normalized spacial score (nSPS) is 16.2. The van der Waals surface area contributed by atoms with Crippen LogP contribution < -0.4 is 9.64 Å². The summed E-state index contributed by atoms with van der Waals surface area (Å²) >= 11 is 0. The number of nitriles is 1. The highest BCUT2D eigenvalue weighted by Gasteiger charge is 2.31. The van der Waals surface area contributed by atoms with Crippen molar-refractivity contribution in [3.8, 4) is 22.9 Å². The topological polar surface area (TPSA) is 79.4 Å². The number of fused-ring (bicyclic) bond motifs is 3. The van der Waals surface area contributed by atoms with Gasteiger partial charge in [-0.2, -0.15) is 5.26 Å². The lowest BCUT2D eigenvalue weighted by molar-refractivity contribution is -0.385. The average Bonchev–Trinajstić information content (AvgIpc) is 3.47. The highest BCUT2D eigenvalue weighted by Crippen LogP contribution is 2.43. The summed E-state index contributed by atoms with van der Waals surface area (Å²) in [5, 5.41) is 20.8. The van der Waals surface area contributed by atoms with E-state index >= 15 is 0 Å². The van der Waals surface area contributed by atoms with Gasteiger partial charge in [0.15, 0.2) is 5.56 Å². The van der Waals surface area contributed by atoms with Gasteiger partial charge in [-0.05, 0) is 71.6 Å². The molecule has 5 rings (SSSR count). The molecule has 35 heavy (non-hydrogen) atoms. The van der Waals surface area contributed by atoms with Gasteiger partial charge in [0.25, 0.3) is 5.69 Å². The molecule has 1 aliphatic heterocycles. The molecule has 6 heteroatoms. The van der Waals surface area contributed by atoms with Crippen molar-refractivity contribution >= 4 is 11.4 Å². The van der Waals surface area contributed by atoms with Crippen LogP contribution in [0.15, 0.2) is 54.6 Å². The summed E-state index contributed by atoms with van der Waals surface area (Å²) in [5.74, 6) is 0.810. The van der Waals surface area contributed by atoms with Crippen LogP contribution in [0.4, 0.5) is 11.4 Å². The van der Waals surface area contributed by atoms with Gasteiger partial charge in [0.1, 0.15) is 18.4 Å². The lowest BCUT2D eigenvalue weighted by Crippen LogP contribution is -2.35. The molecular weight excluding hydrogens is 438 g/mol. The van der Waals surface area contributed by atoms with E-state index < -0.39 is 4.92 Å². The molecule has 3 aromatic carbocycles. The van der Waals surface area contributed by atoms with Crippen molar-refractivity contribution in [2.45, 2.75) is 45.6 Å². The lowest BCUT2D eigenvalue weighted by atomic mass is 9.92. The molecule has 0 saturated carbocycles. The molecule has 1 atom stereocenters. The Kier molecular flexibility index (Phi) is 6.17. The Morgan fingerprint density at radius 3 is 2.74 bits per heavy atom. The van der Waals surface area contributed by atoms with Crippen molar-refractivity contribution in [1.82, 2.24) is 0 Å². The van der Waals surface area contributed by atoms with Crippen LogP contribution in [0.25, 0.3) is 11.1 Å². The van der Waals surface area contributed by atoms with Crippen molar-refractivity contribution < 1.29 is 9.66 Å². The van der Waals surface area contributed by atoms with Gasteiger partial charge < -0.3 is 9.64 Å². The molecular formula is C29H29N3O3. The predicted molar refractivity (Wildman–Crippen MR) is 137 cm³/mol. The van der Waals surface area contributed by atoms with Crippen LogP contribution in [-0.2, 0) is 12.8 Å². The third kappa shape index (κ3) is 4.23. The van der Waals surface area contributed by atoms with Crippen LogP contribution in [0.1, 0.15) is 48.9 Å². The first kappa shape index (κ1) is 22.9. The lowest BCUT2D eigenvalue weighted by Gasteiger charge is -2.30. The van der Waals surface area contributed by atoms with Gasteiger partial charge in [0, 0.05) is 18.3 Å². The molecule has 1 saturated heterocycles. The van der Waals surface area contributed by atoms with Crippen LogP contribution in [0.3, 0.4) is 0 Å². The van der Waals surface area contributed by atoms with E-state index in [0.29, 0.717) is 12.5 Å². The first-order valence-electron chi connectivity index (χ1n) is 12.3. The van der Waals surface area contributed by atoms with Crippen molar-refractivity contribution in [3.05, 3.63) is 87.0 Å². The smallest absolute Gasteiger partial charge is 0.290 e. The number of nitrogens with zero attached hydrogens (tertiary/aromatic N) is 3. The molecule has 1 aliphatic carbocycles. The maximum absolute atomic E-state index is 11.3. The number of anilines is 1. The highest BCUT2D eigenvalue weighted by atomic mass is 16.6. The summed E-state index contributed by atoms with van der Waals surface area (Å²) < 4.78 is 6.05. The molecule has 0 N–H and O–H groups in total. The zero-order valence-corrected chi connectivity index (χ0v) is 20.2. The van der Waals surface area contributed by atoms with Crippen molar-refractivity contribution in [2.24, 2.45) is 5.92 Å². The van der Waals surface area contributed by atoms with Crippen LogP contribution in [0.2, 0.25) is 0 Å². The molecule has 0 spiro atoms. The van der Waals surface area contributed by atoms with Gasteiger partial charge in [0.2, 0.25) is 0 Å². The summed E-state index contributed by atoms with van der Waals surface area (Å²) in [6, 6.07) is 19.9. The molecule has 1 heterocycles. The van der Waals surface area contributed by atoms with Crippen molar-refractivity contribution in [1.29, 1.82) is 5.26 Å². The minimum absolute atomic E-state index is 0.0159. The first-order valence-corrected chi connectivity index (χ1v) is 12.3. The molecule has 178 valence electrons. The Hall–Kier alpha value is -3.85. The Balaban J connectivity index is 1.45. The van der Waals surface area contributed by atoms with E-state index in [1.54, 1.807) is 12.1 Å². The second-order valence-electron chi connectivity index (χ2n) is 9.84. The number of hydrogen-bond donors (Lipinski definition) is 0. The Bertz CT molecular complexity index is 1330. The maximum Gasteiger partial charge on any atom is 0.290 e. The number of rotatable bonds is 7. The number of ether oxygens (including phenoxy) is 1. The minimum Gasteiger partial charge on any atom is -0.490 e. The highest BCUT2D eigenvalue weighted by molar-refractivity contribution is 5.81. The van der Waals surface area contributed by atoms with Crippen LogP contribution in [0, 0.1) is 27.4 Å². The van der Waals surface area contributed by atoms with Gasteiger partial charge in [0.05, 0.1) is 11.0 Å². The maximum atomic E-state index is 11.3. The van der Waals surface area contributed by atoms with E-state index in [2.05, 4.69) is 55.1 Å². The summed E-state index contributed by atoms with van der Waals surface area (Å²) in [6.07, 6.45) is 4.03. The fraction of sp³-hybridized carbons (Fsp3) is 0.345. The predicted octanol–water partition coefficient (Wildman–Crippen LogP) is 6.28. The fourth-order valence-corrected chi connectivity index (χ4v) is 5.58. The largest absolute Gasteiger partial charge is 0.490 e. The quantitative estimate of drug-likeness (QED) is 0.236. The molecule has 0 radical (unpaired) electrons. The standard InChI is InChI=1S/C29H29N3O3/c1-19(2)15-25-24-16-20-7-3-4-9-22(20)23(24)12-13-27(25)31-14-6-8-21(31)18-35-29-11-5-10-28(32(33)34)26(29)17-30/h3-5,7,9-13,19,21H,6,8,14-16,18H2,1-2H3/t21-/m1/s1. The minimum atomic E-state index is -0.534. The Morgan fingerprint density at radius 2 is 1.97 bits per heavy atom. The van der Waals surface area contributed by atoms with Crippen molar-refractivity contribution in [2.75, 3.05) is 18.1 Å². The van der Waals surface area contributed by atoms with Gasteiger partial charge >= 0.3 is 0 Å². The third-order valence-corrected chi connectivity index (χ3v) is 7.12. The van der Waals surface area contributed by atoms with Crippen LogP contribution >= 0.6 is 0 Å². The van der Waals surface area contributed by atoms with E-state index in [0.717, 1.165) is 32.2 Å². The summed E-state index contributed by atoms with van der Waals surface area (Å²) in [6.45, 7) is 5.86. The molecule has 0 amide bonds. The molecule has 2 aliphatic rings. The Labute approximate surface area is 205 Å². The van der Waals surface area contributed by atoms with Gasteiger partial charge in [-0.3, -0.25) is 10.1 Å². The molecule has 0 aromatic heterocycles. The van der Waals surface area contributed by atoms with Gasteiger partial charge in [-0.25, -0.2) is 0 Å². The van der Waals surface area contributed by atoms with E-state index in [9.17, 15) is 15.4 Å². The number of benzene rings is 3. The monoisotopic (exact) mass is 467 g/mol. The Morgan fingerprint density at radius 1 is 1.14 bits per heavy atom. The van der Waals surface area contributed by atoms with E-state index in [-0.39, 0.29) is 23.0 Å². The SMILES string of the molecule is CC(C)Cc1c(N2CCC[C@@H]2COc2cccc([N+](=O)[O-])c2C#N)ccc2c1Cc1ccccc1-2.